The van der Waals surface area contributed by atoms with Crippen LogP contribution in [0.3, 0.4) is 0 Å². The van der Waals surface area contributed by atoms with Gasteiger partial charge in [-0.25, -0.2) is 14.1 Å². The number of carbonyl (C=O) groups is 3. The fourth-order valence-corrected chi connectivity index (χ4v) is 5.25. The van der Waals surface area contributed by atoms with Gasteiger partial charge in [-0.2, -0.15) is 0 Å². The molecule has 4 rings (SSSR count). The Bertz CT molecular complexity index is 1320. The van der Waals surface area contributed by atoms with Crippen LogP contribution < -0.4 is 15.0 Å². The molecular formula is C26H19BrFIN2O4. The van der Waals surface area contributed by atoms with Crippen LogP contribution in [0.5, 0.6) is 5.75 Å². The Morgan fingerprint density at radius 2 is 1.69 bits per heavy atom. The lowest BCUT2D eigenvalue weighted by atomic mass is 10.1. The van der Waals surface area contributed by atoms with Gasteiger partial charge in [0.25, 0.3) is 11.8 Å². The number of urea groups is 1. The van der Waals surface area contributed by atoms with Gasteiger partial charge >= 0.3 is 6.03 Å². The third kappa shape index (κ3) is 5.62. The number of nitrogens with one attached hydrogen (secondary N) is 1. The van der Waals surface area contributed by atoms with Crippen LogP contribution in [-0.4, -0.2) is 17.8 Å². The molecule has 0 spiro atoms. The quantitative estimate of drug-likeness (QED) is 0.202. The third-order valence-corrected chi connectivity index (χ3v) is 6.72. The largest absolute Gasteiger partial charge is 0.487 e. The van der Waals surface area contributed by atoms with Crippen molar-refractivity contribution in [2.45, 2.75) is 20.0 Å². The van der Waals surface area contributed by atoms with E-state index in [0.29, 0.717) is 21.5 Å². The molecular weight excluding hydrogens is 630 g/mol. The smallest absolute Gasteiger partial charge is 0.335 e. The second-order valence-electron chi connectivity index (χ2n) is 7.71. The molecule has 0 unspecified atom stereocenters. The maximum Gasteiger partial charge on any atom is 0.335 e. The molecule has 4 amide bonds. The number of hydrogen-bond acceptors (Lipinski definition) is 4. The predicted octanol–water partition coefficient (Wildman–Crippen LogP) is 6.00. The summed E-state index contributed by atoms with van der Waals surface area (Å²) in [5.74, 6) is -1.21. The van der Waals surface area contributed by atoms with Gasteiger partial charge in [-0.05, 0) is 104 Å². The third-order valence-electron chi connectivity index (χ3n) is 5.33. The molecule has 1 saturated heterocycles. The lowest BCUT2D eigenvalue weighted by Crippen LogP contribution is -2.54. The van der Waals surface area contributed by atoms with Crippen molar-refractivity contribution in [3.05, 3.63) is 96.8 Å². The van der Waals surface area contributed by atoms with Crippen molar-refractivity contribution in [3.8, 4) is 5.75 Å². The summed E-state index contributed by atoms with van der Waals surface area (Å²) in [6.45, 7) is 2.25. The molecule has 1 aliphatic heterocycles. The zero-order chi connectivity index (χ0) is 25.1. The first-order chi connectivity index (χ1) is 16.8. The van der Waals surface area contributed by atoms with Crippen molar-refractivity contribution in [2.24, 2.45) is 0 Å². The minimum Gasteiger partial charge on any atom is -0.487 e. The molecule has 1 N–H and O–H groups in total. The topological polar surface area (TPSA) is 75.7 Å². The number of ether oxygens (including phenoxy) is 1. The molecule has 6 nitrogen and oxygen atoms in total. The van der Waals surface area contributed by atoms with Crippen LogP contribution >= 0.6 is 38.5 Å². The highest BCUT2D eigenvalue weighted by Crippen LogP contribution is 2.34. The first-order valence-electron chi connectivity index (χ1n) is 10.6. The molecule has 0 bridgehead atoms. The molecule has 1 fully saturated rings. The molecule has 0 radical (unpaired) electrons. The van der Waals surface area contributed by atoms with Crippen LogP contribution in [0.15, 0.2) is 70.7 Å². The standard InChI is InChI=1S/C26H19BrFIN2O4/c1-2-15-5-9-19(10-6-15)31-25(33)20(24(32)30-26(31)34)11-17-12-21(27)23(22(29)13-17)35-14-16-3-7-18(28)8-4-16/h3-13H,2,14H2,1H3,(H,30,32,34)/b20-11-. The van der Waals surface area contributed by atoms with Crippen LogP contribution in [0.25, 0.3) is 6.08 Å². The van der Waals surface area contributed by atoms with Gasteiger partial charge < -0.3 is 4.74 Å². The number of barbiturate groups is 1. The highest BCUT2D eigenvalue weighted by molar-refractivity contribution is 14.1. The number of halogens is 3. The van der Waals surface area contributed by atoms with E-state index in [2.05, 4.69) is 43.8 Å². The Labute approximate surface area is 223 Å². The molecule has 0 aromatic heterocycles. The van der Waals surface area contributed by atoms with Crippen molar-refractivity contribution in [3.63, 3.8) is 0 Å². The molecule has 3 aromatic rings. The van der Waals surface area contributed by atoms with E-state index in [1.165, 1.54) is 18.2 Å². The molecule has 0 aliphatic carbocycles. The lowest BCUT2D eigenvalue weighted by Gasteiger charge is -2.26. The first kappa shape index (κ1) is 25.1. The van der Waals surface area contributed by atoms with Crippen molar-refractivity contribution in [1.29, 1.82) is 0 Å². The Morgan fingerprint density at radius 1 is 1.03 bits per heavy atom. The zero-order valence-electron chi connectivity index (χ0n) is 18.5. The second kappa shape index (κ2) is 10.7. The van der Waals surface area contributed by atoms with Gasteiger partial charge in [-0.15, -0.1) is 0 Å². The normalized spacial score (nSPS) is 14.9. The number of anilines is 1. The van der Waals surface area contributed by atoms with E-state index in [9.17, 15) is 18.8 Å². The van der Waals surface area contributed by atoms with Gasteiger partial charge in [0.05, 0.1) is 13.7 Å². The molecule has 0 atom stereocenters. The van der Waals surface area contributed by atoms with E-state index < -0.39 is 17.8 Å². The molecule has 9 heteroatoms. The fraction of sp³-hybridized carbons (Fsp3) is 0.115. The number of benzene rings is 3. The molecule has 35 heavy (non-hydrogen) atoms. The van der Waals surface area contributed by atoms with E-state index in [1.807, 2.05) is 19.1 Å². The Balaban J connectivity index is 1.59. The molecule has 178 valence electrons. The Morgan fingerprint density at radius 3 is 2.31 bits per heavy atom. The molecule has 3 aromatic carbocycles. The lowest BCUT2D eigenvalue weighted by molar-refractivity contribution is -0.122. The SMILES string of the molecule is CCc1ccc(N2C(=O)NC(=O)/C(=C/c3cc(Br)c(OCc4ccc(F)cc4)c(I)c3)C2=O)cc1. The van der Waals surface area contributed by atoms with Crippen LogP contribution in [-0.2, 0) is 22.6 Å². The Hall–Kier alpha value is -3.05. The predicted molar refractivity (Wildman–Crippen MR) is 142 cm³/mol. The zero-order valence-corrected chi connectivity index (χ0v) is 22.2. The summed E-state index contributed by atoms with van der Waals surface area (Å²) in [6, 6.07) is 15.7. The number of aryl methyl sites for hydroxylation is 1. The van der Waals surface area contributed by atoms with Gasteiger partial charge in [0.2, 0.25) is 0 Å². The van der Waals surface area contributed by atoms with Crippen molar-refractivity contribution in [2.75, 3.05) is 4.90 Å². The van der Waals surface area contributed by atoms with Crippen LogP contribution in [0, 0.1) is 9.39 Å². The summed E-state index contributed by atoms with van der Waals surface area (Å²) in [5.41, 5.74) is 2.66. The second-order valence-corrected chi connectivity index (χ2v) is 9.72. The van der Waals surface area contributed by atoms with E-state index in [0.717, 1.165) is 26.0 Å². The van der Waals surface area contributed by atoms with E-state index in [-0.39, 0.29) is 18.0 Å². The monoisotopic (exact) mass is 648 g/mol. The molecule has 1 heterocycles. The van der Waals surface area contributed by atoms with E-state index >= 15 is 0 Å². The highest BCUT2D eigenvalue weighted by atomic mass is 127. The maximum absolute atomic E-state index is 13.1. The van der Waals surface area contributed by atoms with Gasteiger partial charge in [-0.3, -0.25) is 14.9 Å². The maximum atomic E-state index is 13.1. The Kier molecular flexibility index (Phi) is 7.66. The van der Waals surface area contributed by atoms with Gasteiger partial charge in [0.15, 0.2) is 0 Å². The van der Waals surface area contributed by atoms with Crippen molar-refractivity contribution >= 4 is 68.1 Å². The summed E-state index contributed by atoms with van der Waals surface area (Å²) in [6.07, 6.45) is 2.26. The molecule has 1 aliphatic rings. The average molecular weight is 649 g/mol. The summed E-state index contributed by atoms with van der Waals surface area (Å²) >= 11 is 5.57. The minimum absolute atomic E-state index is 0.160. The summed E-state index contributed by atoms with van der Waals surface area (Å²) in [4.78, 5) is 39.0. The van der Waals surface area contributed by atoms with Gasteiger partial charge in [0.1, 0.15) is 23.7 Å². The summed E-state index contributed by atoms with van der Waals surface area (Å²) < 4.78 is 20.4. The number of imide groups is 2. The van der Waals surface area contributed by atoms with Crippen molar-refractivity contribution in [1.82, 2.24) is 5.32 Å². The van der Waals surface area contributed by atoms with E-state index in [1.54, 1.807) is 36.4 Å². The van der Waals surface area contributed by atoms with Crippen LogP contribution in [0.4, 0.5) is 14.9 Å². The van der Waals surface area contributed by atoms with Crippen LogP contribution in [0.1, 0.15) is 23.6 Å². The highest BCUT2D eigenvalue weighted by Gasteiger charge is 2.36. The molecule has 0 saturated carbocycles. The van der Waals surface area contributed by atoms with Crippen LogP contribution in [0.2, 0.25) is 0 Å². The number of amides is 4. The van der Waals surface area contributed by atoms with E-state index in [4.69, 9.17) is 4.74 Å². The fourth-order valence-electron chi connectivity index (χ4n) is 3.48. The summed E-state index contributed by atoms with van der Waals surface area (Å²) in [7, 11) is 0. The summed E-state index contributed by atoms with van der Waals surface area (Å²) in [5, 5.41) is 2.23. The number of rotatable bonds is 6. The number of carbonyl (C=O) groups excluding carboxylic acids is 3. The van der Waals surface area contributed by atoms with Gasteiger partial charge in [0, 0.05) is 0 Å². The average Bonchev–Trinajstić information content (AvgIpc) is 2.82. The number of hydrogen-bond donors (Lipinski definition) is 1. The first-order valence-corrected chi connectivity index (χ1v) is 12.5. The van der Waals surface area contributed by atoms with Gasteiger partial charge in [-0.1, -0.05) is 31.2 Å². The minimum atomic E-state index is -0.790. The van der Waals surface area contributed by atoms with Crippen molar-refractivity contribution < 1.29 is 23.5 Å². The number of nitrogens with zero attached hydrogens (tertiary/aromatic N) is 1.